The van der Waals surface area contributed by atoms with Gasteiger partial charge in [-0.25, -0.2) is 0 Å². The third kappa shape index (κ3) is 5.43. The first-order valence-electron chi connectivity index (χ1n) is 11.4. The number of hydrogen-bond acceptors (Lipinski definition) is 2. The summed E-state index contributed by atoms with van der Waals surface area (Å²) >= 11 is 8.13. The Hall–Kier alpha value is -2.48. The van der Waals surface area contributed by atoms with Crippen LogP contribution in [-0.4, -0.2) is 26.7 Å². The Balaban J connectivity index is 2.11. The summed E-state index contributed by atoms with van der Waals surface area (Å²) in [7, 11) is 3.28. The van der Waals surface area contributed by atoms with Crippen LogP contribution in [0.1, 0.15) is 13.8 Å². The van der Waals surface area contributed by atoms with E-state index in [1.54, 1.807) is 14.2 Å². The van der Waals surface area contributed by atoms with Crippen LogP contribution in [0.2, 0.25) is 0 Å². The van der Waals surface area contributed by atoms with Gasteiger partial charge in [0, 0.05) is 0 Å². The standard InChI is InChI=1S/C30H34ClO2P/c1-25(16-14-15-17-26(2)30(32-3)33-4)24-34(31,27-18-8-5-9-19-27,28-20-10-6-11-21-28)29-22-12-7-13-23-29/h5-23,30H,24H2,1-4H3. The van der Waals surface area contributed by atoms with Crippen molar-refractivity contribution >= 4 is 33.1 Å². The van der Waals surface area contributed by atoms with Crippen molar-refractivity contribution in [3.05, 3.63) is 126 Å². The van der Waals surface area contributed by atoms with E-state index in [1.807, 2.05) is 37.3 Å². The molecule has 34 heavy (non-hydrogen) atoms. The zero-order valence-electron chi connectivity index (χ0n) is 20.4. The molecule has 0 fully saturated rings. The van der Waals surface area contributed by atoms with Crippen LogP contribution in [0.4, 0.5) is 0 Å². The zero-order valence-corrected chi connectivity index (χ0v) is 22.0. The predicted molar refractivity (Wildman–Crippen MR) is 150 cm³/mol. The first-order chi connectivity index (χ1) is 16.4. The first-order valence-corrected chi connectivity index (χ1v) is 14.7. The first kappa shape index (κ1) is 26.1. The van der Waals surface area contributed by atoms with Crippen LogP contribution < -0.4 is 15.9 Å². The van der Waals surface area contributed by atoms with E-state index < -0.39 is 5.96 Å². The molecular weight excluding hydrogens is 459 g/mol. The van der Waals surface area contributed by atoms with Crippen molar-refractivity contribution in [3.8, 4) is 0 Å². The molecule has 0 aliphatic rings. The maximum absolute atomic E-state index is 8.13. The van der Waals surface area contributed by atoms with Crippen molar-refractivity contribution < 1.29 is 9.47 Å². The summed E-state index contributed by atoms with van der Waals surface area (Å²) in [6, 6.07) is 31.7. The molecule has 0 amide bonds. The Morgan fingerprint density at radius 1 is 0.706 bits per heavy atom. The van der Waals surface area contributed by atoms with Gasteiger partial charge in [-0.1, -0.05) is 0 Å². The molecule has 0 radical (unpaired) electrons. The third-order valence-corrected chi connectivity index (χ3v) is 13.4. The van der Waals surface area contributed by atoms with Gasteiger partial charge in [0.2, 0.25) is 0 Å². The van der Waals surface area contributed by atoms with Gasteiger partial charge < -0.3 is 0 Å². The van der Waals surface area contributed by atoms with Crippen LogP contribution in [-0.2, 0) is 9.47 Å². The predicted octanol–water partition coefficient (Wildman–Crippen LogP) is 6.74. The fourth-order valence-electron chi connectivity index (χ4n) is 4.43. The molecule has 178 valence electrons. The van der Waals surface area contributed by atoms with Gasteiger partial charge in [0.05, 0.1) is 0 Å². The number of rotatable bonds is 10. The Kier molecular flexibility index (Phi) is 9.05. The monoisotopic (exact) mass is 492 g/mol. The molecule has 3 aromatic rings. The molecule has 0 N–H and O–H groups in total. The van der Waals surface area contributed by atoms with Crippen LogP contribution in [0, 0.1) is 0 Å². The number of allylic oxidation sites excluding steroid dienone is 5. The average molecular weight is 493 g/mol. The Labute approximate surface area is 209 Å². The van der Waals surface area contributed by atoms with E-state index in [9.17, 15) is 0 Å². The molecule has 0 unspecified atom stereocenters. The van der Waals surface area contributed by atoms with Crippen LogP contribution >= 0.6 is 17.2 Å². The summed E-state index contributed by atoms with van der Waals surface area (Å²) in [6.45, 7) is 4.15. The van der Waals surface area contributed by atoms with Gasteiger partial charge in [0.15, 0.2) is 0 Å². The zero-order chi connectivity index (χ0) is 24.5. The molecule has 4 heteroatoms. The second-order valence-corrected chi connectivity index (χ2v) is 14.9. The van der Waals surface area contributed by atoms with Gasteiger partial charge >= 0.3 is 210 Å². The van der Waals surface area contributed by atoms with Gasteiger partial charge in [-0.15, -0.1) is 0 Å². The molecule has 0 saturated heterocycles. The molecule has 0 aromatic heterocycles. The Morgan fingerprint density at radius 3 is 1.47 bits per heavy atom. The van der Waals surface area contributed by atoms with Crippen molar-refractivity contribution in [2.75, 3.05) is 20.4 Å². The van der Waals surface area contributed by atoms with Crippen molar-refractivity contribution in [1.82, 2.24) is 0 Å². The van der Waals surface area contributed by atoms with E-state index >= 15 is 0 Å². The van der Waals surface area contributed by atoms with Crippen molar-refractivity contribution in [2.24, 2.45) is 0 Å². The average Bonchev–Trinajstić information content (AvgIpc) is 2.89. The molecule has 0 atom stereocenters. The van der Waals surface area contributed by atoms with Crippen molar-refractivity contribution in [2.45, 2.75) is 20.1 Å². The van der Waals surface area contributed by atoms with E-state index in [4.69, 9.17) is 20.7 Å². The Bertz CT molecular complexity index is 1030. The van der Waals surface area contributed by atoms with E-state index in [0.29, 0.717) is 0 Å². The molecular formula is C30H34ClO2P. The number of halogens is 1. The van der Waals surface area contributed by atoms with Crippen LogP contribution in [0.3, 0.4) is 0 Å². The van der Waals surface area contributed by atoms with Crippen LogP contribution in [0.15, 0.2) is 126 Å². The normalized spacial score (nSPS) is 14.4. The van der Waals surface area contributed by atoms with Gasteiger partial charge in [-0.2, -0.15) is 0 Å². The second-order valence-electron chi connectivity index (χ2n) is 8.46. The van der Waals surface area contributed by atoms with Crippen molar-refractivity contribution in [1.29, 1.82) is 0 Å². The minimum absolute atomic E-state index is 0.338. The van der Waals surface area contributed by atoms with Crippen molar-refractivity contribution in [3.63, 3.8) is 0 Å². The molecule has 0 aliphatic carbocycles. The summed E-state index contributed by atoms with van der Waals surface area (Å²) in [5.74, 6) is -3.30. The Morgan fingerprint density at radius 2 is 1.09 bits per heavy atom. The summed E-state index contributed by atoms with van der Waals surface area (Å²) in [6.07, 6.45) is 8.62. The fourth-order valence-corrected chi connectivity index (χ4v) is 10.9. The van der Waals surface area contributed by atoms with E-state index in [2.05, 4.69) is 91.9 Å². The van der Waals surface area contributed by atoms with Gasteiger partial charge in [-0.3, -0.25) is 0 Å². The summed E-state index contributed by atoms with van der Waals surface area (Å²) in [5, 5.41) is 3.51. The number of hydrogen-bond donors (Lipinski definition) is 0. The molecule has 0 saturated carbocycles. The third-order valence-electron chi connectivity index (χ3n) is 6.08. The molecule has 3 aromatic carbocycles. The van der Waals surface area contributed by atoms with Gasteiger partial charge in [-0.05, 0) is 0 Å². The SMILES string of the molecule is COC(OC)C(C)=CC=CC=C(C)CP(Cl)(c1ccccc1)(c1ccccc1)c1ccccc1. The number of benzene rings is 3. The van der Waals surface area contributed by atoms with E-state index in [0.717, 1.165) is 11.7 Å². The number of ether oxygens (including phenoxy) is 2. The van der Waals surface area contributed by atoms with Crippen LogP contribution in [0.5, 0.6) is 0 Å². The molecule has 0 aliphatic heterocycles. The van der Waals surface area contributed by atoms with Gasteiger partial charge in [0.25, 0.3) is 0 Å². The van der Waals surface area contributed by atoms with Crippen LogP contribution in [0.25, 0.3) is 0 Å². The van der Waals surface area contributed by atoms with E-state index in [1.165, 1.54) is 21.5 Å². The summed E-state index contributed by atoms with van der Waals surface area (Å²) < 4.78 is 10.6. The molecule has 0 spiro atoms. The number of methoxy groups -OCH3 is 2. The quantitative estimate of drug-likeness (QED) is 0.177. The summed E-state index contributed by atoms with van der Waals surface area (Å²) in [5.41, 5.74) is 2.21. The van der Waals surface area contributed by atoms with E-state index in [-0.39, 0.29) is 6.29 Å². The second kappa shape index (κ2) is 11.8. The summed E-state index contributed by atoms with van der Waals surface area (Å²) in [4.78, 5) is 0. The minimum atomic E-state index is -3.30. The molecule has 3 rings (SSSR count). The topological polar surface area (TPSA) is 18.5 Å². The van der Waals surface area contributed by atoms with Gasteiger partial charge in [0.1, 0.15) is 0 Å². The molecule has 0 heterocycles. The maximum atomic E-state index is 8.13. The molecule has 2 nitrogen and oxygen atoms in total. The molecule has 0 bridgehead atoms. The fraction of sp³-hybridized carbons (Fsp3) is 0.200.